The molecule has 0 bridgehead atoms. The third-order valence-electron chi connectivity index (χ3n) is 4.60. The number of nitrogens with zero attached hydrogens (tertiary/aromatic N) is 2. The fourth-order valence-corrected chi connectivity index (χ4v) is 4.20. The molecule has 1 unspecified atom stereocenters. The predicted octanol–water partition coefficient (Wildman–Crippen LogP) is 3.27. The SMILES string of the molecule is Cc1ncsc1C(CN)N1CCC(OCc2cccc(F)c2)CC1. The maximum absolute atomic E-state index is 13.2. The van der Waals surface area contributed by atoms with E-state index in [4.69, 9.17) is 10.5 Å². The fourth-order valence-electron chi connectivity index (χ4n) is 3.25. The van der Waals surface area contributed by atoms with Crippen LogP contribution in [0.15, 0.2) is 29.8 Å². The lowest BCUT2D eigenvalue weighted by atomic mass is 10.0. The van der Waals surface area contributed by atoms with Crippen LogP contribution in [0.4, 0.5) is 4.39 Å². The zero-order valence-corrected chi connectivity index (χ0v) is 14.8. The van der Waals surface area contributed by atoms with Gasteiger partial charge in [-0.15, -0.1) is 11.3 Å². The molecular formula is C18H24FN3OS. The first-order valence-electron chi connectivity index (χ1n) is 8.37. The Hall–Kier alpha value is -1.34. The van der Waals surface area contributed by atoms with Gasteiger partial charge in [-0.3, -0.25) is 4.90 Å². The number of likely N-dealkylation sites (tertiary alicyclic amines) is 1. The zero-order chi connectivity index (χ0) is 16.9. The van der Waals surface area contributed by atoms with Gasteiger partial charge in [0.05, 0.1) is 30.0 Å². The summed E-state index contributed by atoms with van der Waals surface area (Å²) in [6, 6.07) is 6.86. The van der Waals surface area contributed by atoms with Crippen LogP contribution < -0.4 is 5.73 Å². The van der Waals surface area contributed by atoms with Gasteiger partial charge in [0.15, 0.2) is 0 Å². The molecule has 0 spiro atoms. The number of benzene rings is 1. The molecule has 1 atom stereocenters. The highest BCUT2D eigenvalue weighted by molar-refractivity contribution is 7.09. The smallest absolute Gasteiger partial charge is 0.123 e. The number of piperidine rings is 1. The van der Waals surface area contributed by atoms with Crippen molar-refractivity contribution in [2.45, 2.75) is 38.5 Å². The van der Waals surface area contributed by atoms with Crippen LogP contribution in [0.2, 0.25) is 0 Å². The molecule has 1 aromatic heterocycles. The number of hydrogen-bond acceptors (Lipinski definition) is 5. The van der Waals surface area contributed by atoms with Crippen LogP contribution in [0, 0.1) is 12.7 Å². The second-order valence-electron chi connectivity index (χ2n) is 6.23. The minimum absolute atomic E-state index is 0.211. The topological polar surface area (TPSA) is 51.4 Å². The molecule has 2 heterocycles. The zero-order valence-electron chi connectivity index (χ0n) is 14.0. The van der Waals surface area contributed by atoms with Gasteiger partial charge in [0, 0.05) is 24.5 Å². The van der Waals surface area contributed by atoms with Crippen molar-refractivity contribution in [2.75, 3.05) is 19.6 Å². The monoisotopic (exact) mass is 349 g/mol. The first-order chi connectivity index (χ1) is 11.7. The van der Waals surface area contributed by atoms with E-state index >= 15 is 0 Å². The Morgan fingerprint density at radius 3 is 2.83 bits per heavy atom. The van der Waals surface area contributed by atoms with Gasteiger partial charge in [-0.1, -0.05) is 12.1 Å². The molecule has 3 rings (SSSR count). The Balaban J connectivity index is 1.51. The molecule has 4 nitrogen and oxygen atoms in total. The van der Waals surface area contributed by atoms with Gasteiger partial charge in [0.1, 0.15) is 5.82 Å². The van der Waals surface area contributed by atoms with E-state index in [9.17, 15) is 4.39 Å². The van der Waals surface area contributed by atoms with E-state index < -0.39 is 0 Å². The predicted molar refractivity (Wildman–Crippen MR) is 94.4 cm³/mol. The number of thiazole rings is 1. The highest BCUT2D eigenvalue weighted by Crippen LogP contribution is 2.29. The Morgan fingerprint density at radius 1 is 1.42 bits per heavy atom. The summed E-state index contributed by atoms with van der Waals surface area (Å²) in [4.78, 5) is 8.05. The van der Waals surface area contributed by atoms with Gasteiger partial charge in [0.2, 0.25) is 0 Å². The molecule has 0 amide bonds. The van der Waals surface area contributed by atoms with Crippen molar-refractivity contribution < 1.29 is 9.13 Å². The first kappa shape index (κ1) is 17.5. The van der Waals surface area contributed by atoms with Crippen LogP contribution in [-0.2, 0) is 11.3 Å². The molecule has 0 aliphatic carbocycles. The summed E-state index contributed by atoms with van der Waals surface area (Å²) < 4.78 is 19.2. The Kier molecular flexibility index (Phi) is 5.94. The maximum Gasteiger partial charge on any atom is 0.123 e. The van der Waals surface area contributed by atoms with E-state index in [1.165, 1.54) is 17.0 Å². The lowest BCUT2D eigenvalue weighted by molar-refractivity contribution is -0.0104. The molecule has 2 aromatic rings. The van der Waals surface area contributed by atoms with Crippen molar-refractivity contribution in [1.29, 1.82) is 0 Å². The lowest BCUT2D eigenvalue weighted by Gasteiger charge is -2.36. The average molecular weight is 349 g/mol. The van der Waals surface area contributed by atoms with Gasteiger partial charge < -0.3 is 10.5 Å². The maximum atomic E-state index is 13.2. The minimum atomic E-state index is -0.211. The second-order valence-corrected chi connectivity index (χ2v) is 7.12. The molecule has 0 saturated carbocycles. The van der Waals surface area contributed by atoms with Crippen LogP contribution >= 0.6 is 11.3 Å². The molecule has 24 heavy (non-hydrogen) atoms. The number of ether oxygens (including phenoxy) is 1. The summed E-state index contributed by atoms with van der Waals surface area (Å²) in [5.74, 6) is -0.211. The van der Waals surface area contributed by atoms with Gasteiger partial charge in [-0.05, 0) is 37.5 Å². The molecule has 1 aliphatic rings. The number of nitrogens with two attached hydrogens (primary N) is 1. The summed E-state index contributed by atoms with van der Waals surface area (Å²) >= 11 is 1.69. The molecule has 1 saturated heterocycles. The van der Waals surface area contributed by atoms with E-state index in [-0.39, 0.29) is 18.0 Å². The van der Waals surface area contributed by atoms with Crippen LogP contribution in [0.3, 0.4) is 0 Å². The fraction of sp³-hybridized carbons (Fsp3) is 0.500. The third-order valence-corrected chi connectivity index (χ3v) is 5.63. The van der Waals surface area contributed by atoms with Crippen molar-refractivity contribution in [3.63, 3.8) is 0 Å². The van der Waals surface area contributed by atoms with Crippen molar-refractivity contribution in [2.24, 2.45) is 5.73 Å². The van der Waals surface area contributed by atoms with E-state index in [0.717, 1.165) is 37.2 Å². The second kappa shape index (κ2) is 8.16. The van der Waals surface area contributed by atoms with E-state index in [1.54, 1.807) is 17.4 Å². The normalized spacial score (nSPS) is 18.0. The van der Waals surface area contributed by atoms with E-state index in [2.05, 4.69) is 9.88 Å². The highest BCUT2D eigenvalue weighted by atomic mass is 32.1. The number of hydrogen-bond donors (Lipinski definition) is 1. The molecular weight excluding hydrogens is 325 g/mol. The molecule has 0 radical (unpaired) electrons. The summed E-state index contributed by atoms with van der Waals surface area (Å²) in [6.45, 7) is 5.05. The van der Waals surface area contributed by atoms with Gasteiger partial charge in [-0.2, -0.15) is 0 Å². The van der Waals surface area contributed by atoms with Crippen molar-refractivity contribution in [3.8, 4) is 0 Å². The van der Waals surface area contributed by atoms with Crippen molar-refractivity contribution >= 4 is 11.3 Å². The highest BCUT2D eigenvalue weighted by Gasteiger charge is 2.27. The molecule has 1 aromatic carbocycles. The Morgan fingerprint density at radius 2 is 2.21 bits per heavy atom. The Bertz CT molecular complexity index is 655. The van der Waals surface area contributed by atoms with Crippen molar-refractivity contribution in [3.05, 3.63) is 51.7 Å². The molecule has 2 N–H and O–H groups in total. The number of rotatable bonds is 6. The number of halogens is 1. The van der Waals surface area contributed by atoms with Gasteiger partial charge in [0.25, 0.3) is 0 Å². The minimum Gasteiger partial charge on any atom is -0.373 e. The van der Waals surface area contributed by atoms with E-state index in [1.807, 2.05) is 18.5 Å². The molecule has 1 aliphatic heterocycles. The van der Waals surface area contributed by atoms with Gasteiger partial charge >= 0.3 is 0 Å². The van der Waals surface area contributed by atoms with Crippen LogP contribution in [0.25, 0.3) is 0 Å². The molecule has 130 valence electrons. The first-order valence-corrected chi connectivity index (χ1v) is 9.25. The van der Waals surface area contributed by atoms with Crippen LogP contribution in [0.1, 0.15) is 35.0 Å². The van der Waals surface area contributed by atoms with E-state index in [0.29, 0.717) is 13.2 Å². The number of aryl methyl sites for hydroxylation is 1. The largest absolute Gasteiger partial charge is 0.373 e. The summed E-state index contributed by atoms with van der Waals surface area (Å²) in [5, 5.41) is 0. The summed E-state index contributed by atoms with van der Waals surface area (Å²) in [5.41, 5.74) is 9.88. The third kappa shape index (κ3) is 4.19. The molecule has 1 fully saturated rings. The lowest BCUT2D eigenvalue weighted by Crippen LogP contribution is -2.41. The molecule has 6 heteroatoms. The number of aromatic nitrogens is 1. The summed E-state index contributed by atoms with van der Waals surface area (Å²) in [6.07, 6.45) is 2.18. The van der Waals surface area contributed by atoms with Crippen molar-refractivity contribution in [1.82, 2.24) is 9.88 Å². The average Bonchev–Trinajstić information content (AvgIpc) is 3.01. The summed E-state index contributed by atoms with van der Waals surface area (Å²) in [7, 11) is 0. The standard InChI is InChI=1S/C18H24FN3OS/c1-13-18(24-12-21-13)17(10-20)22-7-5-16(6-8-22)23-11-14-3-2-4-15(19)9-14/h2-4,9,12,16-17H,5-8,10-11,20H2,1H3. The Labute approximate surface area is 146 Å². The van der Waals surface area contributed by atoms with Gasteiger partial charge in [-0.25, -0.2) is 9.37 Å². The van der Waals surface area contributed by atoms with Crippen LogP contribution in [-0.4, -0.2) is 35.6 Å². The van der Waals surface area contributed by atoms with Crippen LogP contribution in [0.5, 0.6) is 0 Å². The quantitative estimate of drug-likeness (QED) is 0.870.